The second kappa shape index (κ2) is 4.98. The number of benzene rings is 1. The summed E-state index contributed by atoms with van der Waals surface area (Å²) in [5.74, 6) is 0. The molecule has 4 heteroatoms. The van der Waals surface area contributed by atoms with Crippen LogP contribution in [0.3, 0.4) is 0 Å². The number of nitrogens with one attached hydrogen (secondary N) is 3. The van der Waals surface area contributed by atoms with E-state index in [1.807, 2.05) is 12.1 Å². The predicted octanol–water partition coefficient (Wildman–Crippen LogP) is 2.15. The van der Waals surface area contributed by atoms with Crippen LogP contribution in [0.5, 0.6) is 0 Å². The fourth-order valence-corrected chi connectivity index (χ4v) is 1.84. The van der Waals surface area contributed by atoms with Crippen molar-refractivity contribution in [2.75, 3.05) is 23.9 Å². The zero-order valence-electron chi connectivity index (χ0n) is 8.59. The van der Waals surface area contributed by atoms with Gasteiger partial charge in [-0.1, -0.05) is 0 Å². The van der Waals surface area contributed by atoms with E-state index >= 15 is 0 Å². The molecule has 3 N–H and O–H groups in total. The van der Waals surface area contributed by atoms with Gasteiger partial charge in [0, 0.05) is 18.3 Å². The molecule has 0 bridgehead atoms. The minimum atomic E-state index is 0.488. The topological polar surface area (TPSA) is 36.1 Å². The SMILES string of the molecule is FNc1ccc(NC2CCCNC2)cc1. The van der Waals surface area contributed by atoms with Gasteiger partial charge in [0.05, 0.1) is 5.69 Å². The first-order valence-electron chi connectivity index (χ1n) is 5.32. The molecule has 1 atom stereocenters. The second-order valence-electron chi connectivity index (χ2n) is 3.86. The summed E-state index contributed by atoms with van der Waals surface area (Å²) < 4.78 is 12.0. The molecule has 1 aliphatic rings. The van der Waals surface area contributed by atoms with Crippen LogP contribution >= 0.6 is 0 Å². The summed E-state index contributed by atoms with van der Waals surface area (Å²) in [5.41, 5.74) is 3.15. The molecule has 1 aliphatic heterocycles. The highest BCUT2D eigenvalue weighted by Crippen LogP contribution is 2.16. The van der Waals surface area contributed by atoms with Crippen molar-refractivity contribution in [3.63, 3.8) is 0 Å². The van der Waals surface area contributed by atoms with Crippen LogP contribution in [-0.2, 0) is 0 Å². The third kappa shape index (κ3) is 2.83. The molecule has 0 radical (unpaired) electrons. The molecule has 0 amide bonds. The van der Waals surface area contributed by atoms with Crippen LogP contribution in [0.1, 0.15) is 12.8 Å². The maximum atomic E-state index is 12.0. The average molecular weight is 209 g/mol. The van der Waals surface area contributed by atoms with Gasteiger partial charge in [0.25, 0.3) is 0 Å². The van der Waals surface area contributed by atoms with Gasteiger partial charge in [-0.05, 0) is 43.7 Å². The molecule has 1 saturated heterocycles. The Kier molecular flexibility index (Phi) is 3.40. The normalized spacial score (nSPS) is 21.0. The molecule has 1 unspecified atom stereocenters. The maximum absolute atomic E-state index is 12.0. The Morgan fingerprint density at radius 1 is 1.20 bits per heavy atom. The standard InChI is InChI=1S/C11H16FN3/c12-15-10-5-3-9(4-6-10)14-11-2-1-7-13-8-11/h3-6,11,13-15H,1-2,7-8H2. The maximum Gasteiger partial charge on any atom is 0.0657 e. The molecule has 82 valence electrons. The fraction of sp³-hybridized carbons (Fsp3) is 0.455. The number of piperidine rings is 1. The van der Waals surface area contributed by atoms with Gasteiger partial charge in [-0.3, -0.25) is 0 Å². The van der Waals surface area contributed by atoms with E-state index < -0.39 is 0 Å². The van der Waals surface area contributed by atoms with Gasteiger partial charge < -0.3 is 10.6 Å². The van der Waals surface area contributed by atoms with Crippen LogP contribution in [0.15, 0.2) is 24.3 Å². The number of hydrogen-bond acceptors (Lipinski definition) is 3. The Balaban J connectivity index is 1.91. The summed E-state index contributed by atoms with van der Waals surface area (Å²) >= 11 is 0. The van der Waals surface area contributed by atoms with Crippen LogP contribution in [0.4, 0.5) is 15.9 Å². The van der Waals surface area contributed by atoms with Crippen LogP contribution in [0, 0.1) is 0 Å². The average Bonchev–Trinajstić information content (AvgIpc) is 2.31. The first-order valence-corrected chi connectivity index (χ1v) is 5.32. The van der Waals surface area contributed by atoms with Gasteiger partial charge in [0.1, 0.15) is 0 Å². The quantitative estimate of drug-likeness (QED) is 0.667. The van der Waals surface area contributed by atoms with E-state index in [-0.39, 0.29) is 0 Å². The molecule has 0 aliphatic carbocycles. The molecule has 15 heavy (non-hydrogen) atoms. The number of rotatable bonds is 3. The van der Waals surface area contributed by atoms with Crippen molar-refractivity contribution in [3.8, 4) is 0 Å². The van der Waals surface area contributed by atoms with E-state index in [1.165, 1.54) is 12.8 Å². The lowest BCUT2D eigenvalue weighted by Crippen LogP contribution is -2.38. The van der Waals surface area contributed by atoms with Gasteiger partial charge in [0.15, 0.2) is 0 Å². The zero-order valence-corrected chi connectivity index (χ0v) is 8.59. The third-order valence-electron chi connectivity index (χ3n) is 2.66. The first kappa shape index (κ1) is 10.2. The zero-order chi connectivity index (χ0) is 10.5. The second-order valence-corrected chi connectivity index (χ2v) is 3.86. The molecule has 0 spiro atoms. The van der Waals surface area contributed by atoms with E-state index in [4.69, 9.17) is 0 Å². The first-order chi connectivity index (χ1) is 7.38. The lowest BCUT2D eigenvalue weighted by atomic mass is 10.1. The number of hydrogen-bond donors (Lipinski definition) is 3. The minimum Gasteiger partial charge on any atom is -0.381 e. The Labute approximate surface area is 89.0 Å². The highest BCUT2D eigenvalue weighted by molar-refractivity contribution is 5.53. The Hall–Kier alpha value is -1.29. The smallest absolute Gasteiger partial charge is 0.0657 e. The molecular weight excluding hydrogens is 193 g/mol. The molecule has 1 aromatic carbocycles. The van der Waals surface area contributed by atoms with Gasteiger partial charge >= 0.3 is 0 Å². The lowest BCUT2D eigenvalue weighted by Gasteiger charge is -2.24. The molecule has 0 aromatic heterocycles. The van der Waals surface area contributed by atoms with E-state index in [2.05, 4.69) is 10.6 Å². The number of anilines is 2. The van der Waals surface area contributed by atoms with Crippen molar-refractivity contribution in [2.45, 2.75) is 18.9 Å². The van der Waals surface area contributed by atoms with Crippen molar-refractivity contribution in [1.29, 1.82) is 0 Å². The van der Waals surface area contributed by atoms with Gasteiger partial charge in [-0.2, -0.15) is 0 Å². The monoisotopic (exact) mass is 209 g/mol. The molecule has 0 saturated carbocycles. The summed E-state index contributed by atoms with van der Waals surface area (Å²) in [4.78, 5) is 0. The van der Waals surface area contributed by atoms with Gasteiger partial charge in [0.2, 0.25) is 0 Å². The van der Waals surface area contributed by atoms with E-state index in [0.717, 1.165) is 18.8 Å². The summed E-state index contributed by atoms with van der Waals surface area (Å²) in [5, 5.41) is 6.76. The van der Waals surface area contributed by atoms with Crippen molar-refractivity contribution < 1.29 is 4.48 Å². The van der Waals surface area contributed by atoms with E-state index in [1.54, 1.807) is 17.7 Å². The van der Waals surface area contributed by atoms with Crippen LogP contribution in [0.25, 0.3) is 0 Å². The summed E-state index contributed by atoms with van der Waals surface area (Å²) in [7, 11) is 0. The van der Waals surface area contributed by atoms with Crippen LogP contribution in [0.2, 0.25) is 0 Å². The predicted molar refractivity (Wildman–Crippen MR) is 60.7 cm³/mol. The van der Waals surface area contributed by atoms with E-state index in [9.17, 15) is 4.48 Å². The van der Waals surface area contributed by atoms with Crippen molar-refractivity contribution in [3.05, 3.63) is 24.3 Å². The Morgan fingerprint density at radius 2 is 1.93 bits per heavy atom. The van der Waals surface area contributed by atoms with Crippen molar-refractivity contribution in [2.24, 2.45) is 0 Å². The molecule has 3 nitrogen and oxygen atoms in total. The van der Waals surface area contributed by atoms with Gasteiger partial charge in [-0.25, -0.2) is 5.54 Å². The number of halogens is 1. The molecule has 1 aromatic rings. The Morgan fingerprint density at radius 3 is 2.53 bits per heavy atom. The largest absolute Gasteiger partial charge is 0.381 e. The molecule has 1 fully saturated rings. The highest BCUT2D eigenvalue weighted by Gasteiger charge is 2.11. The summed E-state index contributed by atoms with van der Waals surface area (Å²) in [6, 6.07) is 7.70. The van der Waals surface area contributed by atoms with Crippen molar-refractivity contribution in [1.82, 2.24) is 5.32 Å². The summed E-state index contributed by atoms with van der Waals surface area (Å²) in [6.45, 7) is 2.12. The summed E-state index contributed by atoms with van der Waals surface area (Å²) in [6.07, 6.45) is 2.40. The van der Waals surface area contributed by atoms with E-state index in [0.29, 0.717) is 11.7 Å². The fourth-order valence-electron chi connectivity index (χ4n) is 1.84. The van der Waals surface area contributed by atoms with Gasteiger partial charge in [-0.15, -0.1) is 4.48 Å². The van der Waals surface area contributed by atoms with Crippen LogP contribution in [-0.4, -0.2) is 19.1 Å². The molecule has 2 rings (SSSR count). The minimum absolute atomic E-state index is 0.488. The molecular formula is C11H16FN3. The van der Waals surface area contributed by atoms with Crippen molar-refractivity contribution >= 4 is 11.4 Å². The lowest BCUT2D eigenvalue weighted by molar-refractivity contribution is 0.480. The third-order valence-corrected chi connectivity index (χ3v) is 2.66. The Bertz CT molecular complexity index is 293. The highest BCUT2D eigenvalue weighted by atomic mass is 19.2. The molecule has 1 heterocycles. The van der Waals surface area contributed by atoms with Crippen LogP contribution < -0.4 is 16.2 Å².